The molecule has 2 unspecified atom stereocenters. The number of hydrogen-bond donors (Lipinski definition) is 3. The molecular weight excluding hydrogens is 389 g/mol. The summed E-state index contributed by atoms with van der Waals surface area (Å²) in [5, 5.41) is 14.0. The maximum Gasteiger partial charge on any atom is 0.254 e. The zero-order chi connectivity index (χ0) is 21.4. The fraction of sp³-hybridized carbons (Fsp3) is 0.350. The number of nitriles is 1. The lowest BCUT2D eigenvalue weighted by molar-refractivity contribution is -0.118. The summed E-state index contributed by atoms with van der Waals surface area (Å²) in [7, 11) is 0. The molecule has 1 aromatic rings. The number of rotatable bonds is 1. The third-order valence-electron chi connectivity index (χ3n) is 5.16. The van der Waals surface area contributed by atoms with Crippen molar-refractivity contribution < 1.29 is 13.9 Å². The minimum absolute atomic E-state index is 0.0662. The number of fused-ring (bicyclic) bond motifs is 1. The van der Waals surface area contributed by atoms with Crippen LogP contribution in [0.25, 0.3) is 0 Å². The predicted octanol–water partition coefficient (Wildman–Crippen LogP) is 0.659. The first-order valence-electron chi connectivity index (χ1n) is 9.66. The van der Waals surface area contributed by atoms with E-state index in [2.05, 4.69) is 15.7 Å². The zero-order valence-electron chi connectivity index (χ0n) is 16.6. The molecule has 4 N–H and O–H groups in total. The Kier molecular flexibility index (Phi) is 5.15. The summed E-state index contributed by atoms with van der Waals surface area (Å²) in [5.74, 6) is 0.415. The maximum absolute atomic E-state index is 14.4. The highest BCUT2D eigenvalue weighted by molar-refractivity contribution is 5.99. The van der Waals surface area contributed by atoms with E-state index in [-0.39, 0.29) is 24.6 Å². The van der Waals surface area contributed by atoms with Gasteiger partial charge in [0.1, 0.15) is 35.7 Å². The van der Waals surface area contributed by atoms with E-state index < -0.39 is 18.1 Å². The number of benzene rings is 1. The Morgan fingerprint density at radius 2 is 2.27 bits per heavy atom. The molecule has 30 heavy (non-hydrogen) atoms. The number of hydrogen-bond acceptors (Lipinski definition) is 8. The second kappa shape index (κ2) is 7.78. The summed E-state index contributed by atoms with van der Waals surface area (Å²) in [6.45, 7) is 4.66. The van der Waals surface area contributed by atoms with Gasteiger partial charge in [-0.05, 0) is 32.1 Å². The van der Waals surface area contributed by atoms with Gasteiger partial charge in [-0.2, -0.15) is 5.26 Å². The first kappa shape index (κ1) is 19.9. The highest BCUT2D eigenvalue weighted by Gasteiger charge is 2.35. The van der Waals surface area contributed by atoms with Crippen molar-refractivity contribution in [3.63, 3.8) is 0 Å². The largest absolute Gasteiger partial charge is 0.488 e. The van der Waals surface area contributed by atoms with Crippen LogP contribution in [-0.4, -0.2) is 47.0 Å². The van der Waals surface area contributed by atoms with Crippen molar-refractivity contribution in [2.45, 2.75) is 32.7 Å². The molecule has 0 aliphatic carbocycles. The summed E-state index contributed by atoms with van der Waals surface area (Å²) in [5.41, 5.74) is 9.77. The highest BCUT2D eigenvalue weighted by atomic mass is 19.1. The fourth-order valence-corrected chi connectivity index (χ4v) is 3.60. The number of halogens is 1. The monoisotopic (exact) mass is 411 g/mol. The molecule has 10 heteroatoms. The van der Waals surface area contributed by atoms with Crippen molar-refractivity contribution in [2.24, 2.45) is 10.7 Å². The Labute approximate surface area is 173 Å². The molecule has 4 rings (SSSR count). The van der Waals surface area contributed by atoms with Gasteiger partial charge in [0.25, 0.3) is 5.91 Å². The molecule has 0 saturated carbocycles. The molecule has 1 amide bonds. The molecule has 9 nitrogen and oxygen atoms in total. The summed E-state index contributed by atoms with van der Waals surface area (Å²) < 4.78 is 20.3. The van der Waals surface area contributed by atoms with E-state index in [1.54, 1.807) is 24.2 Å². The number of amides is 1. The second-order valence-corrected chi connectivity index (χ2v) is 7.16. The lowest BCUT2D eigenvalue weighted by Gasteiger charge is -2.28. The molecule has 3 aliphatic rings. The van der Waals surface area contributed by atoms with Crippen LogP contribution in [0.1, 0.15) is 25.0 Å². The summed E-state index contributed by atoms with van der Waals surface area (Å²) in [6.07, 6.45) is 2.37. The van der Waals surface area contributed by atoms with E-state index in [9.17, 15) is 14.4 Å². The van der Waals surface area contributed by atoms with E-state index in [1.807, 2.05) is 17.9 Å². The van der Waals surface area contributed by atoms with Crippen LogP contribution in [0.5, 0.6) is 5.75 Å². The average molecular weight is 411 g/mol. The predicted molar refractivity (Wildman–Crippen MR) is 107 cm³/mol. The van der Waals surface area contributed by atoms with Crippen LogP contribution in [0.3, 0.4) is 0 Å². The molecule has 0 radical (unpaired) electrons. The van der Waals surface area contributed by atoms with Crippen LogP contribution >= 0.6 is 0 Å². The van der Waals surface area contributed by atoms with Gasteiger partial charge in [-0.1, -0.05) is 0 Å². The first-order chi connectivity index (χ1) is 14.4. The lowest BCUT2D eigenvalue weighted by Crippen LogP contribution is -2.44. The molecule has 0 saturated heterocycles. The molecule has 1 aromatic carbocycles. The highest BCUT2D eigenvalue weighted by Crippen LogP contribution is 2.29. The minimum Gasteiger partial charge on any atom is -0.488 e. The van der Waals surface area contributed by atoms with Crippen molar-refractivity contribution in [3.8, 4) is 11.8 Å². The summed E-state index contributed by atoms with van der Waals surface area (Å²) in [6, 6.07) is 4.67. The van der Waals surface area contributed by atoms with Gasteiger partial charge >= 0.3 is 0 Å². The SMILES string of the molecule is CCN1Cc2c(ccc(F)c2C#N)OC(C)CNC(=O)C2=C3N=C1C=CN3NC2N. The van der Waals surface area contributed by atoms with Gasteiger partial charge < -0.3 is 20.7 Å². The molecule has 2 bridgehead atoms. The molecule has 0 fully saturated rings. The van der Waals surface area contributed by atoms with Gasteiger partial charge in [-0.15, -0.1) is 0 Å². The van der Waals surface area contributed by atoms with Crippen LogP contribution in [0.4, 0.5) is 4.39 Å². The van der Waals surface area contributed by atoms with E-state index in [1.165, 1.54) is 12.1 Å². The minimum atomic E-state index is -0.708. The summed E-state index contributed by atoms with van der Waals surface area (Å²) >= 11 is 0. The van der Waals surface area contributed by atoms with Crippen LogP contribution in [0, 0.1) is 17.1 Å². The smallest absolute Gasteiger partial charge is 0.254 e. The number of nitrogens with zero attached hydrogens (tertiary/aromatic N) is 4. The van der Waals surface area contributed by atoms with E-state index in [0.29, 0.717) is 35.1 Å². The standard InChI is InChI=1S/C20H22FN7O2/c1-3-27-10-13-12(8-22)14(21)4-5-15(13)30-11(2)9-24-20(29)17-18(23)26-28-7-6-16(27)25-19(17)28/h4-7,11,18,26H,3,9-10,23H2,1-2H3,(H,24,29). The van der Waals surface area contributed by atoms with Gasteiger partial charge in [0.15, 0.2) is 5.82 Å². The van der Waals surface area contributed by atoms with E-state index in [4.69, 9.17) is 10.5 Å². The molecule has 0 aromatic heterocycles. The number of hydrazine groups is 1. The molecular formula is C20H22FN7O2. The van der Waals surface area contributed by atoms with Crippen molar-refractivity contribution >= 4 is 11.7 Å². The number of aliphatic imine (C=N–C) groups is 1. The average Bonchev–Trinajstić information content (AvgIpc) is 3.06. The Bertz CT molecular complexity index is 1030. The molecule has 3 aliphatic heterocycles. The van der Waals surface area contributed by atoms with Crippen molar-refractivity contribution in [1.82, 2.24) is 20.7 Å². The topological polar surface area (TPSA) is 119 Å². The lowest BCUT2D eigenvalue weighted by atomic mass is 10.1. The van der Waals surface area contributed by atoms with Gasteiger partial charge in [0, 0.05) is 24.9 Å². The Balaban J connectivity index is 1.85. The van der Waals surface area contributed by atoms with Gasteiger partial charge in [-0.25, -0.2) is 14.8 Å². The third kappa shape index (κ3) is 3.38. The quantitative estimate of drug-likeness (QED) is 0.621. The Morgan fingerprint density at radius 1 is 1.47 bits per heavy atom. The number of amidine groups is 1. The van der Waals surface area contributed by atoms with Crippen molar-refractivity contribution in [2.75, 3.05) is 13.1 Å². The van der Waals surface area contributed by atoms with Crippen molar-refractivity contribution in [1.29, 1.82) is 5.26 Å². The number of carbonyl (C=O) groups is 1. The van der Waals surface area contributed by atoms with Gasteiger partial charge in [0.05, 0.1) is 17.7 Å². The zero-order valence-corrected chi connectivity index (χ0v) is 16.6. The van der Waals surface area contributed by atoms with Crippen LogP contribution in [0.15, 0.2) is 40.8 Å². The van der Waals surface area contributed by atoms with Crippen LogP contribution in [0.2, 0.25) is 0 Å². The van der Waals surface area contributed by atoms with E-state index >= 15 is 0 Å². The Morgan fingerprint density at radius 3 is 3.00 bits per heavy atom. The molecule has 0 spiro atoms. The number of ether oxygens (including phenoxy) is 1. The van der Waals surface area contributed by atoms with Crippen LogP contribution < -0.4 is 21.2 Å². The molecule has 2 atom stereocenters. The fourth-order valence-electron chi connectivity index (χ4n) is 3.60. The molecule has 156 valence electrons. The van der Waals surface area contributed by atoms with Gasteiger partial charge in [-0.3, -0.25) is 9.80 Å². The van der Waals surface area contributed by atoms with Crippen molar-refractivity contribution in [3.05, 3.63) is 52.7 Å². The van der Waals surface area contributed by atoms with Gasteiger partial charge in [0.2, 0.25) is 0 Å². The van der Waals surface area contributed by atoms with E-state index in [0.717, 1.165) is 0 Å². The maximum atomic E-state index is 14.4. The van der Waals surface area contributed by atoms with Crippen LogP contribution in [-0.2, 0) is 11.3 Å². The Hall–Kier alpha value is -3.42. The number of nitrogens with one attached hydrogen (secondary N) is 2. The second-order valence-electron chi connectivity index (χ2n) is 7.16. The third-order valence-corrected chi connectivity index (χ3v) is 5.16. The number of nitrogens with two attached hydrogens (primary N) is 1. The normalized spacial score (nSPS) is 23.4. The molecule has 3 heterocycles. The number of carbonyl (C=O) groups excluding carboxylic acids is 1. The summed E-state index contributed by atoms with van der Waals surface area (Å²) in [4.78, 5) is 19.3. The first-order valence-corrected chi connectivity index (χ1v) is 9.66. The number of likely N-dealkylation sites (N-methyl/N-ethyl adjacent to an activating group) is 1.